The smallest absolute Gasteiger partial charge is 0.220 e. The Labute approximate surface area is 145 Å². The second-order valence-corrected chi connectivity index (χ2v) is 6.99. The van der Waals surface area contributed by atoms with Gasteiger partial charge >= 0.3 is 0 Å². The zero-order valence-corrected chi connectivity index (χ0v) is 14.6. The number of benzene rings is 1. The van der Waals surface area contributed by atoms with Crippen molar-refractivity contribution in [2.24, 2.45) is 0 Å². The third-order valence-electron chi connectivity index (χ3n) is 4.45. The summed E-state index contributed by atoms with van der Waals surface area (Å²) in [6, 6.07) is 5.44. The second-order valence-electron chi connectivity index (χ2n) is 6.56. The van der Waals surface area contributed by atoms with Crippen molar-refractivity contribution in [2.75, 3.05) is 6.54 Å². The van der Waals surface area contributed by atoms with Crippen LogP contribution in [-0.4, -0.2) is 29.4 Å². The molecule has 24 heavy (non-hydrogen) atoms. The average Bonchev–Trinajstić information content (AvgIpc) is 2.94. The number of hydrogen-bond acceptors (Lipinski definition) is 4. The fraction of sp³-hybridized carbons (Fsp3) is 0.444. The zero-order chi connectivity index (χ0) is 17.3. The lowest BCUT2D eigenvalue weighted by molar-refractivity contribution is -0.119. The number of rotatable bonds is 5. The van der Waals surface area contributed by atoms with Gasteiger partial charge in [-0.25, -0.2) is 0 Å². The summed E-state index contributed by atoms with van der Waals surface area (Å²) < 4.78 is 5.59. The first-order valence-corrected chi connectivity index (χ1v) is 8.55. The summed E-state index contributed by atoms with van der Waals surface area (Å²) in [6.07, 6.45) is 2.94. The molecule has 1 aromatic carbocycles. The first-order valence-electron chi connectivity index (χ1n) is 8.17. The standard InChI is InChI=1S/C18H21ClN2O3/c1-11(2)21(9-14-4-6-17(22)20-14)8-12-10-24-16-5-3-13(19)7-15(16)18(12)23/h3,5,7,10-11,14H,4,6,8-9H2,1-2H3,(H,20,22)/t14-/m1/s1. The van der Waals surface area contributed by atoms with Crippen molar-refractivity contribution in [3.8, 4) is 0 Å². The summed E-state index contributed by atoms with van der Waals surface area (Å²) in [4.78, 5) is 26.3. The minimum Gasteiger partial charge on any atom is -0.464 e. The molecule has 5 nitrogen and oxygen atoms in total. The van der Waals surface area contributed by atoms with E-state index in [9.17, 15) is 9.59 Å². The van der Waals surface area contributed by atoms with Gasteiger partial charge in [0.15, 0.2) is 5.43 Å². The highest BCUT2D eigenvalue weighted by molar-refractivity contribution is 6.31. The SMILES string of the molecule is CC(C)N(Cc1coc2ccc(Cl)cc2c1=O)C[C@H]1CCC(=O)N1. The number of carbonyl (C=O) groups excluding carboxylic acids is 1. The molecule has 0 radical (unpaired) electrons. The van der Waals surface area contributed by atoms with E-state index in [1.54, 1.807) is 18.2 Å². The molecular formula is C18H21ClN2O3. The van der Waals surface area contributed by atoms with Gasteiger partial charge in [-0.3, -0.25) is 14.5 Å². The molecule has 1 fully saturated rings. The molecule has 3 rings (SSSR count). The van der Waals surface area contributed by atoms with Crippen LogP contribution in [0, 0.1) is 0 Å². The summed E-state index contributed by atoms with van der Waals surface area (Å²) in [5.41, 5.74) is 1.08. The van der Waals surface area contributed by atoms with Gasteiger partial charge in [0.1, 0.15) is 5.58 Å². The maximum atomic E-state index is 12.7. The molecule has 0 saturated carbocycles. The van der Waals surface area contributed by atoms with Crippen molar-refractivity contribution in [2.45, 2.75) is 45.3 Å². The van der Waals surface area contributed by atoms with Crippen molar-refractivity contribution < 1.29 is 9.21 Å². The van der Waals surface area contributed by atoms with Gasteiger partial charge in [-0.2, -0.15) is 0 Å². The van der Waals surface area contributed by atoms with Gasteiger partial charge in [-0.15, -0.1) is 0 Å². The van der Waals surface area contributed by atoms with E-state index in [4.69, 9.17) is 16.0 Å². The van der Waals surface area contributed by atoms with Gasteiger partial charge < -0.3 is 9.73 Å². The molecule has 6 heteroatoms. The Morgan fingerprint density at radius 3 is 2.83 bits per heavy atom. The van der Waals surface area contributed by atoms with E-state index in [0.717, 1.165) is 13.0 Å². The highest BCUT2D eigenvalue weighted by atomic mass is 35.5. The molecule has 0 aliphatic carbocycles. The van der Waals surface area contributed by atoms with Crippen molar-refractivity contribution in [1.82, 2.24) is 10.2 Å². The topological polar surface area (TPSA) is 62.6 Å². The Morgan fingerprint density at radius 2 is 2.17 bits per heavy atom. The molecular weight excluding hydrogens is 328 g/mol. The van der Waals surface area contributed by atoms with E-state index in [1.165, 1.54) is 6.26 Å². The molecule has 1 aliphatic heterocycles. The predicted molar refractivity (Wildman–Crippen MR) is 94.2 cm³/mol. The second kappa shape index (κ2) is 6.95. The summed E-state index contributed by atoms with van der Waals surface area (Å²) >= 11 is 6.00. The van der Waals surface area contributed by atoms with Crippen LogP contribution >= 0.6 is 11.6 Å². The molecule has 1 atom stereocenters. The Kier molecular flexibility index (Phi) is 4.92. The number of amides is 1. The summed E-state index contributed by atoms with van der Waals surface area (Å²) in [5.74, 6) is 0.101. The van der Waals surface area contributed by atoms with Crippen LogP contribution in [0.3, 0.4) is 0 Å². The zero-order valence-electron chi connectivity index (χ0n) is 13.8. The van der Waals surface area contributed by atoms with Crippen molar-refractivity contribution >= 4 is 28.5 Å². The third kappa shape index (κ3) is 3.62. The Morgan fingerprint density at radius 1 is 1.38 bits per heavy atom. The van der Waals surface area contributed by atoms with Crippen LogP contribution in [0.15, 0.2) is 33.7 Å². The molecule has 0 spiro atoms. The van der Waals surface area contributed by atoms with Crippen LogP contribution in [0.2, 0.25) is 5.02 Å². The average molecular weight is 349 g/mol. The van der Waals surface area contributed by atoms with Gasteiger partial charge in [0.25, 0.3) is 0 Å². The third-order valence-corrected chi connectivity index (χ3v) is 4.68. The van der Waals surface area contributed by atoms with Crippen molar-refractivity contribution in [1.29, 1.82) is 0 Å². The summed E-state index contributed by atoms with van der Waals surface area (Å²) in [7, 11) is 0. The molecule has 1 aliphatic rings. The van der Waals surface area contributed by atoms with E-state index >= 15 is 0 Å². The van der Waals surface area contributed by atoms with Crippen LogP contribution in [-0.2, 0) is 11.3 Å². The van der Waals surface area contributed by atoms with E-state index in [2.05, 4.69) is 24.1 Å². The lowest BCUT2D eigenvalue weighted by Crippen LogP contribution is -2.42. The minimum absolute atomic E-state index is 0.0557. The van der Waals surface area contributed by atoms with E-state index in [0.29, 0.717) is 34.5 Å². The molecule has 2 heterocycles. The van der Waals surface area contributed by atoms with Crippen LogP contribution < -0.4 is 10.7 Å². The number of halogens is 1. The lowest BCUT2D eigenvalue weighted by atomic mass is 10.1. The largest absolute Gasteiger partial charge is 0.464 e. The van der Waals surface area contributed by atoms with Gasteiger partial charge in [-0.1, -0.05) is 11.6 Å². The quantitative estimate of drug-likeness (QED) is 0.902. The molecule has 0 bridgehead atoms. The number of carbonyl (C=O) groups is 1. The molecule has 2 aromatic rings. The predicted octanol–water partition coefficient (Wildman–Crippen LogP) is 2.94. The molecule has 0 unspecified atom stereocenters. The van der Waals surface area contributed by atoms with Gasteiger partial charge in [0.2, 0.25) is 5.91 Å². The monoisotopic (exact) mass is 348 g/mol. The summed E-state index contributed by atoms with van der Waals surface area (Å²) in [5, 5.41) is 3.99. The first kappa shape index (κ1) is 17.0. The Hall–Kier alpha value is -1.85. The van der Waals surface area contributed by atoms with Gasteiger partial charge in [0, 0.05) is 42.2 Å². The number of hydrogen-bond donors (Lipinski definition) is 1. The van der Waals surface area contributed by atoms with Crippen LogP contribution in [0.25, 0.3) is 11.0 Å². The Balaban J connectivity index is 1.84. The maximum absolute atomic E-state index is 12.7. The van der Waals surface area contributed by atoms with Crippen LogP contribution in [0.5, 0.6) is 0 Å². The maximum Gasteiger partial charge on any atom is 0.220 e. The fourth-order valence-electron chi connectivity index (χ4n) is 3.03. The number of nitrogens with zero attached hydrogens (tertiary/aromatic N) is 1. The fourth-order valence-corrected chi connectivity index (χ4v) is 3.20. The number of nitrogens with one attached hydrogen (secondary N) is 1. The van der Waals surface area contributed by atoms with E-state index in [-0.39, 0.29) is 23.4 Å². The molecule has 128 valence electrons. The highest BCUT2D eigenvalue weighted by Gasteiger charge is 2.24. The normalized spacial score (nSPS) is 17.9. The van der Waals surface area contributed by atoms with Crippen LogP contribution in [0.1, 0.15) is 32.3 Å². The summed E-state index contributed by atoms with van der Waals surface area (Å²) in [6.45, 7) is 5.36. The minimum atomic E-state index is -0.0557. The van der Waals surface area contributed by atoms with Crippen molar-refractivity contribution in [3.63, 3.8) is 0 Å². The van der Waals surface area contributed by atoms with Gasteiger partial charge in [-0.05, 0) is 38.5 Å². The molecule has 1 N–H and O–H groups in total. The number of fused-ring (bicyclic) bond motifs is 1. The van der Waals surface area contributed by atoms with Crippen molar-refractivity contribution in [3.05, 3.63) is 45.3 Å². The molecule has 1 saturated heterocycles. The van der Waals surface area contributed by atoms with E-state index in [1.807, 2.05) is 0 Å². The van der Waals surface area contributed by atoms with Crippen LogP contribution in [0.4, 0.5) is 0 Å². The first-order chi connectivity index (χ1) is 11.4. The highest BCUT2D eigenvalue weighted by Crippen LogP contribution is 2.18. The Bertz CT molecular complexity index is 816. The van der Waals surface area contributed by atoms with Gasteiger partial charge in [0.05, 0.1) is 11.6 Å². The molecule has 1 aromatic heterocycles. The lowest BCUT2D eigenvalue weighted by Gasteiger charge is -2.28. The molecule has 1 amide bonds. The van der Waals surface area contributed by atoms with E-state index < -0.39 is 0 Å².